The summed E-state index contributed by atoms with van der Waals surface area (Å²) >= 11 is 0. The zero-order valence-corrected chi connectivity index (χ0v) is 22.0. The molecule has 4 N–H and O–H groups in total. The highest BCUT2D eigenvalue weighted by Crippen LogP contribution is 2.28. The number of carbonyl (C=O) groups is 4. The van der Waals surface area contributed by atoms with Crippen LogP contribution in [0.15, 0.2) is 54.6 Å². The monoisotopic (exact) mass is 517 g/mol. The second kappa shape index (κ2) is 13.5. The molecule has 2 saturated carbocycles. The molecule has 0 aliphatic heterocycles. The van der Waals surface area contributed by atoms with Crippen LogP contribution in [0, 0.1) is 11.8 Å². The molecule has 202 valence electrons. The third-order valence-corrected chi connectivity index (χ3v) is 7.99. The lowest BCUT2D eigenvalue weighted by Gasteiger charge is -2.29. The topological polar surface area (TPSA) is 118 Å². The maximum Gasteiger partial charge on any atom is 0.250 e. The molecule has 7 heteroatoms. The molecule has 0 aromatic heterocycles. The standard InChI is InChI=1S/C31H39N3O4/c32-20-21-14-16-24(17-15-21)30(37)34-28(31(38)33-26-12-5-2-6-13-26)29(36)25-11-7-8-22(18-25)19-27(35)23-9-3-1-4-10-23/h1,3-4,7-11,18,21,24,26,28H,2,5-6,12-17,19-20,32H2,(H,33,38)(H,34,37). The van der Waals surface area contributed by atoms with Crippen molar-refractivity contribution in [2.75, 3.05) is 6.54 Å². The van der Waals surface area contributed by atoms with Crippen LogP contribution in [0.4, 0.5) is 0 Å². The number of benzene rings is 2. The van der Waals surface area contributed by atoms with Crippen molar-refractivity contribution in [2.24, 2.45) is 17.6 Å². The number of amides is 2. The van der Waals surface area contributed by atoms with Crippen molar-refractivity contribution in [3.05, 3.63) is 71.3 Å². The van der Waals surface area contributed by atoms with Gasteiger partial charge in [-0.1, -0.05) is 67.8 Å². The van der Waals surface area contributed by atoms with Crippen molar-refractivity contribution in [3.8, 4) is 0 Å². The van der Waals surface area contributed by atoms with E-state index in [-0.39, 0.29) is 30.1 Å². The quantitative estimate of drug-likeness (QED) is 0.325. The fourth-order valence-electron chi connectivity index (χ4n) is 5.61. The smallest absolute Gasteiger partial charge is 0.250 e. The molecule has 0 bridgehead atoms. The van der Waals surface area contributed by atoms with Crippen LogP contribution in [-0.2, 0) is 16.0 Å². The van der Waals surface area contributed by atoms with Gasteiger partial charge in [-0.05, 0) is 62.6 Å². The van der Waals surface area contributed by atoms with Gasteiger partial charge in [0.25, 0.3) is 5.91 Å². The molecule has 0 heterocycles. The summed E-state index contributed by atoms with van der Waals surface area (Å²) in [6.07, 6.45) is 8.27. The molecule has 2 aliphatic carbocycles. The summed E-state index contributed by atoms with van der Waals surface area (Å²) in [6.45, 7) is 0.613. The summed E-state index contributed by atoms with van der Waals surface area (Å²) in [5, 5.41) is 5.81. The molecule has 2 fully saturated rings. The Labute approximate surface area is 224 Å². The molecule has 2 aliphatic rings. The Hall–Kier alpha value is -3.32. The number of hydrogen-bond acceptors (Lipinski definition) is 5. The summed E-state index contributed by atoms with van der Waals surface area (Å²) in [5.41, 5.74) is 7.38. The molecule has 1 unspecified atom stereocenters. The van der Waals surface area contributed by atoms with Gasteiger partial charge < -0.3 is 16.4 Å². The van der Waals surface area contributed by atoms with E-state index in [0.29, 0.717) is 42.0 Å². The van der Waals surface area contributed by atoms with Crippen LogP contribution in [0.5, 0.6) is 0 Å². The normalized spacial score (nSPS) is 20.8. The fourth-order valence-corrected chi connectivity index (χ4v) is 5.61. The molecule has 7 nitrogen and oxygen atoms in total. The van der Waals surface area contributed by atoms with Gasteiger partial charge in [-0.3, -0.25) is 19.2 Å². The van der Waals surface area contributed by atoms with Gasteiger partial charge >= 0.3 is 0 Å². The molecular weight excluding hydrogens is 478 g/mol. The van der Waals surface area contributed by atoms with Gasteiger partial charge in [0.05, 0.1) is 0 Å². The van der Waals surface area contributed by atoms with Gasteiger partial charge in [-0.25, -0.2) is 0 Å². The third-order valence-electron chi connectivity index (χ3n) is 7.99. The van der Waals surface area contributed by atoms with Crippen LogP contribution in [-0.4, -0.2) is 42.0 Å². The molecule has 0 spiro atoms. The molecular formula is C31H39N3O4. The summed E-state index contributed by atoms with van der Waals surface area (Å²) in [7, 11) is 0. The van der Waals surface area contributed by atoms with Gasteiger partial charge in [0, 0.05) is 29.5 Å². The lowest BCUT2D eigenvalue weighted by Crippen LogP contribution is -2.55. The van der Waals surface area contributed by atoms with Crippen molar-refractivity contribution in [1.82, 2.24) is 10.6 Å². The summed E-state index contributed by atoms with van der Waals surface area (Å²) in [5.74, 6) is -1.04. The van der Waals surface area contributed by atoms with Crippen LogP contribution >= 0.6 is 0 Å². The van der Waals surface area contributed by atoms with E-state index < -0.39 is 17.7 Å². The van der Waals surface area contributed by atoms with Crippen LogP contribution in [0.25, 0.3) is 0 Å². The number of nitrogens with one attached hydrogen (secondary N) is 2. The number of hydrogen-bond donors (Lipinski definition) is 3. The molecule has 0 saturated heterocycles. The Balaban J connectivity index is 1.49. The van der Waals surface area contributed by atoms with Crippen LogP contribution in [0.1, 0.15) is 84.1 Å². The average molecular weight is 518 g/mol. The predicted molar refractivity (Wildman–Crippen MR) is 147 cm³/mol. The minimum atomic E-state index is -1.31. The van der Waals surface area contributed by atoms with E-state index in [2.05, 4.69) is 10.6 Å². The maximum absolute atomic E-state index is 13.7. The third kappa shape index (κ3) is 7.38. The second-order valence-electron chi connectivity index (χ2n) is 10.8. The number of ketones is 2. The van der Waals surface area contributed by atoms with Crippen LogP contribution < -0.4 is 16.4 Å². The van der Waals surface area contributed by atoms with E-state index in [0.717, 1.165) is 44.9 Å². The van der Waals surface area contributed by atoms with Crippen molar-refractivity contribution in [1.29, 1.82) is 0 Å². The first-order chi connectivity index (χ1) is 18.4. The summed E-state index contributed by atoms with van der Waals surface area (Å²) in [4.78, 5) is 52.9. The highest BCUT2D eigenvalue weighted by atomic mass is 16.2. The summed E-state index contributed by atoms with van der Waals surface area (Å²) in [6, 6.07) is 14.5. The fraction of sp³-hybridized carbons (Fsp3) is 0.484. The van der Waals surface area contributed by atoms with E-state index >= 15 is 0 Å². The van der Waals surface area contributed by atoms with E-state index in [1.807, 2.05) is 18.2 Å². The van der Waals surface area contributed by atoms with E-state index in [1.165, 1.54) is 0 Å². The van der Waals surface area contributed by atoms with Crippen molar-refractivity contribution in [2.45, 2.75) is 76.3 Å². The number of Topliss-reactive ketones (excluding diaryl/α,β-unsaturated/α-hetero) is 2. The maximum atomic E-state index is 13.7. The molecule has 1 atom stereocenters. The minimum Gasteiger partial charge on any atom is -0.351 e. The zero-order chi connectivity index (χ0) is 26.9. The van der Waals surface area contributed by atoms with Gasteiger partial charge in [0.1, 0.15) is 0 Å². The van der Waals surface area contributed by atoms with Crippen molar-refractivity contribution in [3.63, 3.8) is 0 Å². The van der Waals surface area contributed by atoms with Gasteiger partial charge in [0.15, 0.2) is 17.6 Å². The number of rotatable bonds is 10. The molecule has 2 aromatic carbocycles. The van der Waals surface area contributed by atoms with Gasteiger partial charge in [-0.2, -0.15) is 0 Å². The average Bonchev–Trinajstić information content (AvgIpc) is 2.96. The minimum absolute atomic E-state index is 0.0123. The Morgan fingerprint density at radius 2 is 1.50 bits per heavy atom. The highest BCUT2D eigenvalue weighted by Gasteiger charge is 2.34. The highest BCUT2D eigenvalue weighted by molar-refractivity contribution is 6.15. The Morgan fingerprint density at radius 3 is 2.18 bits per heavy atom. The van der Waals surface area contributed by atoms with Crippen molar-refractivity contribution >= 4 is 23.4 Å². The zero-order valence-electron chi connectivity index (χ0n) is 22.0. The lowest BCUT2D eigenvalue weighted by molar-refractivity contribution is -0.131. The van der Waals surface area contributed by atoms with E-state index in [4.69, 9.17) is 5.73 Å². The first-order valence-corrected chi connectivity index (χ1v) is 14.0. The predicted octanol–water partition coefficient (Wildman–Crippen LogP) is 3.99. The molecule has 4 rings (SSSR count). The molecule has 38 heavy (non-hydrogen) atoms. The first kappa shape index (κ1) is 27.7. The molecule has 2 amide bonds. The number of nitrogens with two attached hydrogens (primary N) is 1. The SMILES string of the molecule is NCC1CCC(C(=O)NC(C(=O)NC2CCCCC2)C(=O)c2cccc(CC(=O)c3ccccc3)c2)CC1. The van der Waals surface area contributed by atoms with Gasteiger partial charge in [-0.15, -0.1) is 0 Å². The Morgan fingerprint density at radius 1 is 0.816 bits per heavy atom. The molecule has 2 aromatic rings. The van der Waals surface area contributed by atoms with Crippen LogP contribution in [0.2, 0.25) is 0 Å². The Bertz CT molecular complexity index is 1120. The summed E-state index contributed by atoms with van der Waals surface area (Å²) < 4.78 is 0. The lowest BCUT2D eigenvalue weighted by atomic mass is 9.81. The van der Waals surface area contributed by atoms with Crippen molar-refractivity contribution < 1.29 is 19.2 Å². The Kier molecular flexibility index (Phi) is 9.82. The van der Waals surface area contributed by atoms with E-state index in [9.17, 15) is 19.2 Å². The largest absolute Gasteiger partial charge is 0.351 e. The van der Waals surface area contributed by atoms with E-state index in [1.54, 1.807) is 36.4 Å². The van der Waals surface area contributed by atoms with Gasteiger partial charge in [0.2, 0.25) is 5.91 Å². The molecule has 0 radical (unpaired) electrons. The number of carbonyl (C=O) groups excluding carboxylic acids is 4. The second-order valence-corrected chi connectivity index (χ2v) is 10.8. The first-order valence-electron chi connectivity index (χ1n) is 14.0. The van der Waals surface area contributed by atoms with Crippen LogP contribution in [0.3, 0.4) is 0 Å².